The largest absolute Gasteiger partial charge is 0.482 e. The predicted molar refractivity (Wildman–Crippen MR) is 85.4 cm³/mol. The van der Waals surface area contributed by atoms with E-state index in [-0.39, 0.29) is 11.8 Å². The van der Waals surface area contributed by atoms with Crippen LogP contribution in [0.15, 0.2) is 24.3 Å². The highest BCUT2D eigenvalue weighted by molar-refractivity contribution is 5.90. The Hall–Kier alpha value is -2.57. The zero-order chi connectivity index (χ0) is 17.1. The van der Waals surface area contributed by atoms with Gasteiger partial charge in [-0.1, -0.05) is 12.5 Å². The lowest BCUT2D eigenvalue weighted by molar-refractivity contribution is -0.139. The number of hydrogen-bond acceptors (Lipinski definition) is 4. The first-order valence-corrected chi connectivity index (χ1v) is 7.46. The van der Waals surface area contributed by atoms with Crippen molar-refractivity contribution in [3.05, 3.63) is 24.3 Å². The van der Waals surface area contributed by atoms with Crippen molar-refractivity contribution in [3.8, 4) is 5.75 Å². The normalized spacial score (nSPS) is 9.96. The number of amides is 2. The van der Waals surface area contributed by atoms with Crippen molar-refractivity contribution >= 4 is 23.5 Å². The van der Waals surface area contributed by atoms with Gasteiger partial charge in [0.1, 0.15) is 5.75 Å². The number of benzene rings is 1. The Morgan fingerprint density at radius 2 is 1.96 bits per heavy atom. The Morgan fingerprint density at radius 1 is 1.17 bits per heavy atom. The maximum atomic E-state index is 11.8. The average molecular weight is 322 g/mol. The molecule has 0 bridgehead atoms. The van der Waals surface area contributed by atoms with Gasteiger partial charge in [0.15, 0.2) is 6.61 Å². The third-order valence-electron chi connectivity index (χ3n) is 2.93. The summed E-state index contributed by atoms with van der Waals surface area (Å²) in [5.74, 6) is -0.827. The Balaban J connectivity index is 2.27. The molecule has 0 heterocycles. The van der Waals surface area contributed by atoms with Gasteiger partial charge in [0.2, 0.25) is 11.8 Å². The van der Waals surface area contributed by atoms with Gasteiger partial charge in [-0.2, -0.15) is 0 Å². The molecule has 23 heavy (non-hydrogen) atoms. The van der Waals surface area contributed by atoms with Gasteiger partial charge in [0, 0.05) is 31.6 Å². The molecule has 0 radical (unpaired) electrons. The number of hydrogen-bond donors (Lipinski definition) is 3. The van der Waals surface area contributed by atoms with Crippen molar-refractivity contribution < 1.29 is 24.2 Å². The van der Waals surface area contributed by atoms with Crippen LogP contribution in [0.4, 0.5) is 5.69 Å². The van der Waals surface area contributed by atoms with Gasteiger partial charge in [0.25, 0.3) is 0 Å². The number of aliphatic carboxylic acids is 1. The lowest BCUT2D eigenvalue weighted by atomic mass is 10.2. The third-order valence-corrected chi connectivity index (χ3v) is 2.93. The summed E-state index contributed by atoms with van der Waals surface area (Å²) >= 11 is 0. The molecule has 0 unspecified atom stereocenters. The van der Waals surface area contributed by atoms with Crippen LogP contribution < -0.4 is 15.4 Å². The minimum atomic E-state index is -1.06. The second-order valence-corrected chi connectivity index (χ2v) is 5.05. The van der Waals surface area contributed by atoms with E-state index in [4.69, 9.17) is 9.84 Å². The molecular formula is C16H22N2O5. The van der Waals surface area contributed by atoms with Gasteiger partial charge >= 0.3 is 5.97 Å². The van der Waals surface area contributed by atoms with Crippen LogP contribution in [0.5, 0.6) is 5.75 Å². The number of ether oxygens (including phenoxy) is 1. The summed E-state index contributed by atoms with van der Waals surface area (Å²) in [5, 5.41) is 14.0. The first-order valence-electron chi connectivity index (χ1n) is 7.46. The van der Waals surface area contributed by atoms with Crippen molar-refractivity contribution in [1.29, 1.82) is 0 Å². The number of carboxylic acid groups (broad SMARTS) is 1. The van der Waals surface area contributed by atoms with Crippen LogP contribution >= 0.6 is 0 Å². The zero-order valence-electron chi connectivity index (χ0n) is 13.1. The highest BCUT2D eigenvalue weighted by Crippen LogP contribution is 2.17. The van der Waals surface area contributed by atoms with E-state index in [2.05, 4.69) is 10.6 Å². The summed E-state index contributed by atoms with van der Waals surface area (Å²) in [4.78, 5) is 32.9. The molecule has 0 atom stereocenters. The van der Waals surface area contributed by atoms with Crippen LogP contribution in [-0.4, -0.2) is 36.0 Å². The summed E-state index contributed by atoms with van der Waals surface area (Å²) in [6.45, 7) is 1.67. The van der Waals surface area contributed by atoms with Gasteiger partial charge in [-0.25, -0.2) is 4.79 Å². The highest BCUT2D eigenvalue weighted by Gasteiger charge is 2.04. The first kappa shape index (κ1) is 18.5. The molecule has 3 N–H and O–H groups in total. The van der Waals surface area contributed by atoms with Crippen LogP contribution in [0.1, 0.15) is 32.6 Å². The van der Waals surface area contributed by atoms with Crippen LogP contribution in [0.25, 0.3) is 0 Å². The summed E-state index contributed by atoms with van der Waals surface area (Å²) < 4.78 is 5.05. The summed E-state index contributed by atoms with van der Waals surface area (Å²) in [7, 11) is 0. The second kappa shape index (κ2) is 10.2. The van der Waals surface area contributed by atoms with E-state index < -0.39 is 12.6 Å². The van der Waals surface area contributed by atoms with Crippen LogP contribution in [-0.2, 0) is 14.4 Å². The Bertz CT molecular complexity index is 545. The molecule has 7 heteroatoms. The molecule has 0 saturated heterocycles. The monoisotopic (exact) mass is 322 g/mol. The number of nitrogens with one attached hydrogen (secondary N) is 2. The third kappa shape index (κ3) is 9.13. The smallest absolute Gasteiger partial charge is 0.341 e. The Morgan fingerprint density at radius 3 is 2.65 bits per heavy atom. The van der Waals surface area contributed by atoms with Gasteiger partial charge < -0.3 is 20.5 Å². The van der Waals surface area contributed by atoms with E-state index in [0.29, 0.717) is 24.4 Å². The van der Waals surface area contributed by atoms with Crippen molar-refractivity contribution in [2.24, 2.45) is 0 Å². The fraction of sp³-hybridized carbons (Fsp3) is 0.438. The fourth-order valence-electron chi connectivity index (χ4n) is 1.88. The number of anilines is 1. The standard InChI is InChI=1S/C16H22N2O5/c1-12(19)17-9-4-2-3-8-15(20)18-13-6-5-7-14(10-13)23-11-16(21)22/h5-7,10H,2-4,8-9,11H2,1H3,(H,17,19)(H,18,20)(H,21,22). The maximum Gasteiger partial charge on any atom is 0.341 e. The quantitative estimate of drug-likeness (QED) is 0.570. The lowest BCUT2D eigenvalue weighted by Crippen LogP contribution is -2.20. The van der Waals surface area contributed by atoms with E-state index in [1.165, 1.54) is 6.92 Å². The Kier molecular flexibility index (Phi) is 8.20. The molecule has 7 nitrogen and oxygen atoms in total. The molecule has 0 spiro atoms. The van der Waals surface area contributed by atoms with Crippen molar-refractivity contribution in [2.45, 2.75) is 32.6 Å². The van der Waals surface area contributed by atoms with Crippen molar-refractivity contribution in [1.82, 2.24) is 5.32 Å². The molecule has 0 aromatic heterocycles. The average Bonchev–Trinajstić information content (AvgIpc) is 2.49. The zero-order valence-corrected chi connectivity index (χ0v) is 13.1. The van der Waals surface area contributed by atoms with Gasteiger partial charge in [-0.3, -0.25) is 9.59 Å². The predicted octanol–water partition coefficient (Wildman–Crippen LogP) is 1.78. The second-order valence-electron chi connectivity index (χ2n) is 5.05. The maximum absolute atomic E-state index is 11.8. The molecule has 1 aromatic rings. The summed E-state index contributed by atoms with van der Waals surface area (Å²) in [5.41, 5.74) is 0.566. The van der Waals surface area contributed by atoms with Gasteiger partial charge in [-0.15, -0.1) is 0 Å². The summed E-state index contributed by atoms with van der Waals surface area (Å²) in [6.07, 6.45) is 2.82. The minimum absolute atomic E-state index is 0.0484. The molecule has 0 saturated carbocycles. The fourth-order valence-corrected chi connectivity index (χ4v) is 1.88. The molecule has 1 rings (SSSR count). The number of unbranched alkanes of at least 4 members (excludes halogenated alkanes) is 2. The lowest BCUT2D eigenvalue weighted by Gasteiger charge is -2.08. The van der Waals surface area contributed by atoms with E-state index in [1.807, 2.05) is 0 Å². The summed E-state index contributed by atoms with van der Waals surface area (Å²) in [6, 6.07) is 6.60. The number of carboxylic acids is 1. The molecule has 0 aliphatic rings. The molecule has 126 valence electrons. The molecule has 0 aliphatic heterocycles. The molecule has 0 aliphatic carbocycles. The number of rotatable bonds is 10. The van der Waals surface area contributed by atoms with E-state index in [0.717, 1.165) is 19.3 Å². The Labute approximate surface area is 135 Å². The van der Waals surface area contributed by atoms with E-state index >= 15 is 0 Å². The van der Waals surface area contributed by atoms with E-state index in [1.54, 1.807) is 24.3 Å². The van der Waals surface area contributed by atoms with Crippen molar-refractivity contribution in [3.63, 3.8) is 0 Å². The van der Waals surface area contributed by atoms with Crippen LogP contribution in [0, 0.1) is 0 Å². The minimum Gasteiger partial charge on any atom is -0.482 e. The van der Waals surface area contributed by atoms with Gasteiger partial charge in [-0.05, 0) is 25.0 Å². The molecular weight excluding hydrogens is 300 g/mol. The highest BCUT2D eigenvalue weighted by atomic mass is 16.5. The molecule has 2 amide bonds. The van der Waals surface area contributed by atoms with Crippen LogP contribution in [0.3, 0.4) is 0 Å². The number of carbonyl (C=O) groups is 3. The molecule has 0 fully saturated rings. The topological polar surface area (TPSA) is 105 Å². The van der Waals surface area contributed by atoms with E-state index in [9.17, 15) is 14.4 Å². The van der Waals surface area contributed by atoms with Gasteiger partial charge in [0.05, 0.1) is 0 Å². The number of carbonyl (C=O) groups excluding carboxylic acids is 2. The van der Waals surface area contributed by atoms with Crippen LogP contribution in [0.2, 0.25) is 0 Å². The molecule has 1 aromatic carbocycles. The SMILES string of the molecule is CC(=O)NCCCCCC(=O)Nc1cccc(OCC(=O)O)c1. The van der Waals surface area contributed by atoms with Crippen molar-refractivity contribution in [2.75, 3.05) is 18.5 Å². The first-order chi connectivity index (χ1) is 11.0.